The van der Waals surface area contributed by atoms with Gasteiger partial charge in [0.2, 0.25) is 0 Å². The van der Waals surface area contributed by atoms with Crippen molar-refractivity contribution in [2.24, 2.45) is 28.8 Å². The van der Waals surface area contributed by atoms with Gasteiger partial charge in [-0.05, 0) is 79.0 Å². The SMILES string of the molecule is COCCCCc1cc(C[C@@H](C[C@H](N=[N+]=[N-])[C@@H]2CC(C(C)C)C(=O)O2)C(C)C)ccc1OC. The van der Waals surface area contributed by atoms with Crippen molar-refractivity contribution in [3.8, 4) is 5.75 Å². The van der Waals surface area contributed by atoms with Gasteiger partial charge >= 0.3 is 5.97 Å². The highest BCUT2D eigenvalue weighted by atomic mass is 16.6. The molecule has 0 aliphatic carbocycles. The van der Waals surface area contributed by atoms with Gasteiger partial charge < -0.3 is 14.2 Å². The smallest absolute Gasteiger partial charge is 0.309 e. The molecule has 33 heavy (non-hydrogen) atoms. The zero-order chi connectivity index (χ0) is 24.4. The molecule has 0 aromatic heterocycles. The first-order valence-corrected chi connectivity index (χ1v) is 12.2. The number of benzene rings is 1. The number of azide groups is 1. The van der Waals surface area contributed by atoms with Gasteiger partial charge in [0.1, 0.15) is 11.9 Å². The fraction of sp³-hybridized carbons (Fsp3) is 0.731. The summed E-state index contributed by atoms with van der Waals surface area (Å²) in [7, 11) is 3.44. The zero-order valence-corrected chi connectivity index (χ0v) is 21.1. The Hall–Kier alpha value is -2.24. The number of hydrogen-bond acceptors (Lipinski definition) is 5. The minimum absolute atomic E-state index is 0.119. The zero-order valence-electron chi connectivity index (χ0n) is 21.1. The molecule has 0 amide bonds. The predicted molar refractivity (Wildman–Crippen MR) is 130 cm³/mol. The Morgan fingerprint density at radius 2 is 1.97 bits per heavy atom. The third kappa shape index (κ3) is 7.94. The first-order chi connectivity index (χ1) is 15.8. The fourth-order valence-electron chi connectivity index (χ4n) is 4.67. The summed E-state index contributed by atoms with van der Waals surface area (Å²) in [6, 6.07) is 6.07. The molecule has 7 nitrogen and oxygen atoms in total. The molecule has 1 aromatic rings. The van der Waals surface area contributed by atoms with Crippen LogP contribution in [0.15, 0.2) is 23.3 Å². The van der Waals surface area contributed by atoms with Crippen LogP contribution in [0.1, 0.15) is 64.5 Å². The number of ether oxygens (including phenoxy) is 3. The van der Waals surface area contributed by atoms with E-state index in [4.69, 9.17) is 14.2 Å². The van der Waals surface area contributed by atoms with E-state index >= 15 is 0 Å². The van der Waals surface area contributed by atoms with Gasteiger partial charge in [-0.25, -0.2) is 0 Å². The summed E-state index contributed by atoms with van der Waals surface area (Å²) in [5, 5.41) is 4.07. The molecule has 4 atom stereocenters. The summed E-state index contributed by atoms with van der Waals surface area (Å²) in [6.45, 7) is 9.23. The second-order valence-corrected chi connectivity index (χ2v) is 9.87. The molecule has 0 saturated carbocycles. The predicted octanol–water partition coefficient (Wildman–Crippen LogP) is 6.14. The van der Waals surface area contributed by atoms with Crippen molar-refractivity contribution in [2.45, 2.75) is 78.4 Å². The molecule has 1 saturated heterocycles. The molecule has 1 aliphatic heterocycles. The van der Waals surface area contributed by atoms with Crippen molar-refractivity contribution >= 4 is 5.97 Å². The molecule has 0 N–H and O–H groups in total. The van der Waals surface area contributed by atoms with Crippen LogP contribution in [0.5, 0.6) is 5.75 Å². The van der Waals surface area contributed by atoms with Crippen molar-refractivity contribution < 1.29 is 19.0 Å². The van der Waals surface area contributed by atoms with E-state index in [-0.39, 0.29) is 30.0 Å². The van der Waals surface area contributed by atoms with Crippen LogP contribution in [-0.4, -0.2) is 38.9 Å². The molecule has 0 radical (unpaired) electrons. The number of cyclic esters (lactones) is 1. The van der Waals surface area contributed by atoms with E-state index in [2.05, 4.69) is 42.1 Å². The van der Waals surface area contributed by atoms with Crippen molar-refractivity contribution in [3.63, 3.8) is 0 Å². The summed E-state index contributed by atoms with van der Waals surface area (Å²) >= 11 is 0. The molecular formula is C26H41N3O4. The third-order valence-electron chi connectivity index (χ3n) is 6.86. The number of nitrogens with zero attached hydrogens (tertiary/aromatic N) is 3. The third-order valence-corrected chi connectivity index (χ3v) is 6.86. The number of carbonyl (C=O) groups is 1. The van der Waals surface area contributed by atoms with Gasteiger partial charge in [-0.15, -0.1) is 0 Å². The van der Waals surface area contributed by atoms with Crippen LogP contribution in [0.25, 0.3) is 10.4 Å². The van der Waals surface area contributed by atoms with Gasteiger partial charge in [0.25, 0.3) is 0 Å². The van der Waals surface area contributed by atoms with Gasteiger partial charge in [-0.2, -0.15) is 0 Å². The Kier molecular flexibility index (Phi) is 11.0. The Labute approximate surface area is 198 Å². The highest BCUT2D eigenvalue weighted by molar-refractivity contribution is 5.75. The standard InChI is InChI=1S/C26H41N3O4/c1-17(2)21(15-23(28-29-27)25-16-22(18(3)4)26(30)33-25)14-19-10-11-24(32-6)20(13-19)9-7-8-12-31-5/h10-11,13,17-18,21-23,25H,7-9,12,14-16H2,1-6H3/t21-,22?,23-,25-/m0/s1. The van der Waals surface area contributed by atoms with Crippen LogP contribution in [0.4, 0.5) is 0 Å². The highest BCUT2D eigenvalue weighted by Gasteiger charge is 2.40. The Morgan fingerprint density at radius 1 is 1.21 bits per heavy atom. The van der Waals surface area contributed by atoms with Crippen molar-refractivity contribution in [1.82, 2.24) is 0 Å². The number of unbranched alkanes of at least 4 members (excludes halogenated alkanes) is 1. The number of hydrogen-bond donors (Lipinski definition) is 0. The number of methoxy groups -OCH3 is 2. The second kappa shape index (κ2) is 13.5. The Morgan fingerprint density at radius 3 is 2.55 bits per heavy atom. The molecule has 1 aliphatic rings. The molecular weight excluding hydrogens is 418 g/mol. The highest BCUT2D eigenvalue weighted by Crippen LogP contribution is 2.34. The summed E-state index contributed by atoms with van der Waals surface area (Å²) in [6.07, 6.45) is 4.86. The van der Waals surface area contributed by atoms with Crippen LogP contribution in [0, 0.1) is 23.7 Å². The number of esters is 1. The maximum atomic E-state index is 12.3. The molecule has 2 rings (SSSR count). The molecule has 1 fully saturated rings. The summed E-state index contributed by atoms with van der Waals surface area (Å²) in [5.41, 5.74) is 11.7. The number of aryl methyl sites for hydroxylation is 1. The van der Waals surface area contributed by atoms with Gasteiger partial charge in [0.15, 0.2) is 0 Å². The molecule has 1 heterocycles. The van der Waals surface area contributed by atoms with Crippen LogP contribution < -0.4 is 4.74 Å². The minimum Gasteiger partial charge on any atom is -0.496 e. The summed E-state index contributed by atoms with van der Waals surface area (Å²) < 4.78 is 16.4. The first kappa shape index (κ1) is 27.0. The van der Waals surface area contributed by atoms with E-state index in [9.17, 15) is 10.3 Å². The van der Waals surface area contributed by atoms with E-state index in [1.807, 2.05) is 13.8 Å². The quantitative estimate of drug-likeness (QED) is 0.110. The largest absolute Gasteiger partial charge is 0.496 e. The van der Waals surface area contributed by atoms with E-state index in [0.29, 0.717) is 24.7 Å². The lowest BCUT2D eigenvalue weighted by Crippen LogP contribution is -2.29. The molecule has 1 aromatic carbocycles. The van der Waals surface area contributed by atoms with Gasteiger partial charge in [0, 0.05) is 18.6 Å². The van der Waals surface area contributed by atoms with E-state index in [1.54, 1.807) is 14.2 Å². The van der Waals surface area contributed by atoms with Gasteiger partial charge in [0.05, 0.1) is 19.1 Å². The van der Waals surface area contributed by atoms with Gasteiger partial charge in [-0.1, -0.05) is 44.9 Å². The van der Waals surface area contributed by atoms with Crippen LogP contribution in [0.2, 0.25) is 0 Å². The van der Waals surface area contributed by atoms with Crippen LogP contribution >= 0.6 is 0 Å². The minimum atomic E-state index is -0.345. The maximum absolute atomic E-state index is 12.3. The van der Waals surface area contributed by atoms with Gasteiger partial charge in [-0.3, -0.25) is 4.79 Å². The van der Waals surface area contributed by atoms with Crippen molar-refractivity contribution in [2.75, 3.05) is 20.8 Å². The van der Waals surface area contributed by atoms with Crippen molar-refractivity contribution in [1.29, 1.82) is 0 Å². The summed E-state index contributed by atoms with van der Waals surface area (Å²) in [5.74, 6) is 1.55. The van der Waals surface area contributed by atoms with Crippen molar-refractivity contribution in [3.05, 3.63) is 39.8 Å². The molecule has 184 valence electrons. The molecule has 0 bridgehead atoms. The molecule has 7 heteroatoms. The van der Waals surface area contributed by atoms with Crippen LogP contribution in [-0.2, 0) is 27.1 Å². The number of carbonyl (C=O) groups excluding carboxylic acids is 1. The number of rotatable bonds is 14. The maximum Gasteiger partial charge on any atom is 0.309 e. The fourth-order valence-corrected chi connectivity index (χ4v) is 4.67. The molecule has 1 unspecified atom stereocenters. The topological polar surface area (TPSA) is 93.5 Å². The Bertz CT molecular complexity index is 805. The Balaban J connectivity index is 2.14. The average Bonchev–Trinajstić information content (AvgIpc) is 3.17. The van der Waals surface area contributed by atoms with E-state index < -0.39 is 0 Å². The average molecular weight is 460 g/mol. The summed E-state index contributed by atoms with van der Waals surface area (Å²) in [4.78, 5) is 15.4. The first-order valence-electron chi connectivity index (χ1n) is 12.2. The lowest BCUT2D eigenvalue weighted by molar-refractivity contribution is -0.145. The lowest BCUT2D eigenvalue weighted by Gasteiger charge is -2.27. The lowest BCUT2D eigenvalue weighted by atomic mass is 9.81. The molecule has 0 spiro atoms. The van der Waals surface area contributed by atoms with Crippen LogP contribution in [0.3, 0.4) is 0 Å². The monoisotopic (exact) mass is 459 g/mol. The second-order valence-electron chi connectivity index (χ2n) is 9.87. The normalized spacial score (nSPS) is 19.9. The van der Waals surface area contributed by atoms with E-state index in [0.717, 1.165) is 38.0 Å². The van der Waals surface area contributed by atoms with E-state index in [1.165, 1.54) is 11.1 Å².